The van der Waals surface area contributed by atoms with Crippen molar-refractivity contribution in [2.24, 2.45) is 0 Å². The van der Waals surface area contributed by atoms with Crippen LogP contribution in [0.3, 0.4) is 0 Å². The number of aromatic nitrogens is 2. The van der Waals surface area contributed by atoms with E-state index in [1.54, 1.807) is 0 Å². The van der Waals surface area contributed by atoms with Gasteiger partial charge in [0, 0.05) is 0 Å². The molecule has 0 aliphatic heterocycles. The number of fused-ring (bicyclic) bond motifs is 1. The molecule has 4 heteroatoms. The van der Waals surface area contributed by atoms with Crippen LogP contribution in [-0.4, -0.2) is 9.97 Å². The minimum absolute atomic E-state index is 0.293. The molecule has 0 saturated heterocycles. The van der Waals surface area contributed by atoms with Crippen LogP contribution in [0, 0.1) is 6.92 Å². The highest BCUT2D eigenvalue weighted by atomic mass is 16.5. The first-order valence-electron chi connectivity index (χ1n) is 6.00. The Balaban J connectivity index is 2.06. The molecule has 94 valence electrons. The summed E-state index contributed by atoms with van der Waals surface area (Å²) in [7, 11) is 0. The third kappa shape index (κ3) is 2.20. The van der Waals surface area contributed by atoms with Crippen molar-refractivity contribution in [1.29, 1.82) is 0 Å². The molecular weight excluding hydrogens is 238 g/mol. The number of ether oxygens (including phenoxy) is 1. The predicted octanol–water partition coefficient (Wildman–Crippen LogP) is 3.31. The second-order valence-corrected chi connectivity index (χ2v) is 4.27. The number of aryl methyl sites for hydroxylation is 1. The second-order valence-electron chi connectivity index (χ2n) is 4.27. The number of hydrogen-bond acceptors (Lipinski definition) is 4. The Hall–Kier alpha value is -2.62. The Kier molecular flexibility index (Phi) is 2.76. The van der Waals surface area contributed by atoms with E-state index in [0.29, 0.717) is 11.7 Å². The van der Waals surface area contributed by atoms with Gasteiger partial charge in [-0.1, -0.05) is 30.3 Å². The Labute approximate surface area is 110 Å². The summed E-state index contributed by atoms with van der Waals surface area (Å²) < 4.78 is 5.75. The van der Waals surface area contributed by atoms with Crippen LogP contribution in [0.4, 0.5) is 5.82 Å². The third-order valence-electron chi connectivity index (χ3n) is 2.86. The fraction of sp³-hybridized carbons (Fsp3) is 0.0667. The van der Waals surface area contributed by atoms with E-state index in [9.17, 15) is 0 Å². The quantitative estimate of drug-likeness (QED) is 0.759. The van der Waals surface area contributed by atoms with Gasteiger partial charge in [-0.3, -0.25) is 0 Å². The van der Waals surface area contributed by atoms with E-state index in [2.05, 4.69) is 9.97 Å². The maximum absolute atomic E-state index is 5.89. The lowest BCUT2D eigenvalue weighted by molar-refractivity contribution is 0.462. The number of hydrogen-bond donors (Lipinski definition) is 1. The van der Waals surface area contributed by atoms with Crippen LogP contribution in [0.1, 0.15) is 5.56 Å². The molecule has 0 saturated carbocycles. The molecule has 0 unspecified atom stereocenters. The highest BCUT2D eigenvalue weighted by Crippen LogP contribution is 2.28. The molecule has 0 spiro atoms. The molecule has 0 atom stereocenters. The molecule has 0 radical (unpaired) electrons. The number of para-hydroxylation sites is 3. The average Bonchev–Trinajstić information content (AvgIpc) is 2.42. The lowest BCUT2D eigenvalue weighted by Crippen LogP contribution is -1.99. The fourth-order valence-electron chi connectivity index (χ4n) is 1.85. The zero-order valence-corrected chi connectivity index (χ0v) is 10.5. The molecule has 0 bridgehead atoms. The molecule has 2 aromatic carbocycles. The zero-order valence-electron chi connectivity index (χ0n) is 10.5. The highest BCUT2D eigenvalue weighted by Gasteiger charge is 2.09. The van der Waals surface area contributed by atoms with Crippen LogP contribution < -0.4 is 10.5 Å². The van der Waals surface area contributed by atoms with E-state index < -0.39 is 0 Å². The minimum Gasteiger partial charge on any atom is -0.436 e. The van der Waals surface area contributed by atoms with Gasteiger partial charge < -0.3 is 10.5 Å². The number of anilines is 1. The van der Waals surface area contributed by atoms with Crippen LogP contribution in [0.25, 0.3) is 11.0 Å². The van der Waals surface area contributed by atoms with E-state index in [1.807, 2.05) is 55.5 Å². The van der Waals surface area contributed by atoms with Gasteiger partial charge in [-0.15, -0.1) is 0 Å². The van der Waals surface area contributed by atoms with Gasteiger partial charge >= 0.3 is 0 Å². The van der Waals surface area contributed by atoms with Crippen molar-refractivity contribution in [3.05, 3.63) is 54.1 Å². The van der Waals surface area contributed by atoms with Crippen LogP contribution in [0.15, 0.2) is 48.5 Å². The molecule has 0 aliphatic rings. The summed E-state index contributed by atoms with van der Waals surface area (Å²) in [4.78, 5) is 8.69. The average molecular weight is 251 g/mol. The zero-order chi connectivity index (χ0) is 13.2. The first kappa shape index (κ1) is 11.5. The van der Waals surface area contributed by atoms with Gasteiger partial charge in [0.15, 0.2) is 5.82 Å². The second kappa shape index (κ2) is 4.57. The first-order valence-corrected chi connectivity index (χ1v) is 6.00. The highest BCUT2D eigenvalue weighted by molar-refractivity contribution is 5.76. The summed E-state index contributed by atoms with van der Waals surface area (Å²) >= 11 is 0. The molecule has 3 aromatic rings. The first-order chi connectivity index (χ1) is 9.24. The Morgan fingerprint density at radius 2 is 1.53 bits per heavy atom. The molecular formula is C15H13N3O. The van der Waals surface area contributed by atoms with Crippen LogP contribution >= 0.6 is 0 Å². The minimum atomic E-state index is 0.293. The Morgan fingerprint density at radius 3 is 2.26 bits per heavy atom. The van der Waals surface area contributed by atoms with Crippen molar-refractivity contribution in [1.82, 2.24) is 9.97 Å². The van der Waals surface area contributed by atoms with Crippen molar-refractivity contribution < 1.29 is 4.74 Å². The summed E-state index contributed by atoms with van der Waals surface area (Å²) in [5.41, 5.74) is 8.44. The van der Waals surface area contributed by atoms with E-state index in [4.69, 9.17) is 10.5 Å². The van der Waals surface area contributed by atoms with E-state index >= 15 is 0 Å². The molecule has 0 aliphatic carbocycles. The molecule has 0 fully saturated rings. The van der Waals surface area contributed by atoms with Crippen molar-refractivity contribution in [3.8, 4) is 11.6 Å². The molecule has 1 aromatic heterocycles. The molecule has 3 rings (SSSR count). The van der Waals surface area contributed by atoms with Gasteiger partial charge in [-0.25, -0.2) is 9.97 Å². The topological polar surface area (TPSA) is 61.0 Å². The number of benzene rings is 2. The number of nitrogens with zero attached hydrogens (tertiary/aromatic N) is 2. The fourth-order valence-corrected chi connectivity index (χ4v) is 1.85. The smallest absolute Gasteiger partial charge is 0.263 e. The summed E-state index contributed by atoms with van der Waals surface area (Å²) in [5, 5.41) is 0. The Morgan fingerprint density at radius 1 is 0.895 bits per heavy atom. The molecule has 2 N–H and O–H groups in total. The maximum atomic E-state index is 5.89. The monoisotopic (exact) mass is 251 g/mol. The van der Waals surface area contributed by atoms with E-state index in [1.165, 1.54) is 0 Å². The van der Waals surface area contributed by atoms with Gasteiger partial charge in [0.1, 0.15) is 5.75 Å². The van der Waals surface area contributed by atoms with E-state index in [-0.39, 0.29) is 0 Å². The summed E-state index contributed by atoms with van der Waals surface area (Å²) in [6.45, 7) is 1.97. The lowest BCUT2D eigenvalue weighted by atomic mass is 10.2. The van der Waals surface area contributed by atoms with Gasteiger partial charge in [-0.05, 0) is 30.7 Å². The molecule has 4 nitrogen and oxygen atoms in total. The lowest BCUT2D eigenvalue weighted by Gasteiger charge is -2.09. The maximum Gasteiger partial charge on any atom is 0.263 e. The predicted molar refractivity (Wildman–Crippen MR) is 75.2 cm³/mol. The van der Waals surface area contributed by atoms with Crippen molar-refractivity contribution >= 4 is 16.9 Å². The standard InChI is InChI=1S/C15H13N3O/c1-10-6-2-5-9-13(10)19-15-14(16)17-11-7-3-4-8-12(11)18-15/h2-9H,1H3,(H2,16,17). The summed E-state index contributed by atoms with van der Waals surface area (Å²) in [5.74, 6) is 1.37. The van der Waals surface area contributed by atoms with Gasteiger partial charge in [0.25, 0.3) is 5.88 Å². The van der Waals surface area contributed by atoms with Crippen molar-refractivity contribution in [3.63, 3.8) is 0 Å². The number of rotatable bonds is 2. The van der Waals surface area contributed by atoms with Gasteiger partial charge in [0.05, 0.1) is 11.0 Å². The largest absolute Gasteiger partial charge is 0.436 e. The van der Waals surface area contributed by atoms with Crippen molar-refractivity contribution in [2.75, 3.05) is 5.73 Å². The van der Waals surface area contributed by atoms with E-state index in [0.717, 1.165) is 22.3 Å². The number of nitrogens with two attached hydrogens (primary N) is 1. The van der Waals surface area contributed by atoms with Crippen LogP contribution in [0.5, 0.6) is 11.6 Å². The van der Waals surface area contributed by atoms with Crippen molar-refractivity contribution in [2.45, 2.75) is 6.92 Å². The summed E-state index contributed by atoms with van der Waals surface area (Å²) in [6.07, 6.45) is 0. The molecule has 0 amide bonds. The van der Waals surface area contributed by atoms with Crippen LogP contribution in [-0.2, 0) is 0 Å². The Bertz CT molecular complexity index is 740. The molecule has 1 heterocycles. The van der Waals surface area contributed by atoms with Gasteiger partial charge in [0.2, 0.25) is 0 Å². The van der Waals surface area contributed by atoms with Gasteiger partial charge in [-0.2, -0.15) is 0 Å². The van der Waals surface area contributed by atoms with Crippen LogP contribution in [0.2, 0.25) is 0 Å². The molecule has 19 heavy (non-hydrogen) atoms. The SMILES string of the molecule is Cc1ccccc1Oc1nc2ccccc2nc1N. The third-order valence-corrected chi connectivity index (χ3v) is 2.86. The normalized spacial score (nSPS) is 10.6. The number of nitrogen functional groups attached to an aromatic ring is 1. The summed E-state index contributed by atoms with van der Waals surface area (Å²) in [6, 6.07) is 15.3.